The second kappa shape index (κ2) is 6.54. The van der Waals surface area contributed by atoms with E-state index in [9.17, 15) is 9.90 Å². The molecule has 1 saturated heterocycles. The Morgan fingerprint density at radius 3 is 2.17 bits per heavy atom. The van der Waals surface area contributed by atoms with E-state index < -0.39 is 11.6 Å². The smallest absolute Gasteiger partial charge is 0.322 e. The highest BCUT2D eigenvalue weighted by Gasteiger charge is 2.43. The van der Waals surface area contributed by atoms with Crippen LogP contribution in [0, 0.1) is 0 Å². The lowest BCUT2D eigenvalue weighted by atomic mass is 9.99. The van der Waals surface area contributed by atoms with Crippen LogP contribution in [0.4, 0.5) is 10.5 Å². The lowest BCUT2D eigenvalue weighted by Crippen LogP contribution is -2.49. The van der Waals surface area contributed by atoms with Gasteiger partial charge in [0.05, 0.1) is 38.7 Å². The van der Waals surface area contributed by atoms with Crippen LogP contribution in [0.2, 0.25) is 0 Å². The summed E-state index contributed by atoms with van der Waals surface area (Å²) in [7, 11) is 4.55. The van der Waals surface area contributed by atoms with Crippen molar-refractivity contribution in [2.75, 3.05) is 33.2 Å². The summed E-state index contributed by atoms with van der Waals surface area (Å²) in [6.07, 6.45) is 0.0311. The summed E-state index contributed by atoms with van der Waals surface area (Å²) in [5.74, 6) is 1.38. The van der Waals surface area contributed by atoms with Gasteiger partial charge in [-0.05, 0) is 20.3 Å². The van der Waals surface area contributed by atoms with Gasteiger partial charge in [-0.25, -0.2) is 4.79 Å². The third-order valence-electron chi connectivity index (χ3n) is 4.30. The molecule has 0 bridgehead atoms. The summed E-state index contributed by atoms with van der Waals surface area (Å²) in [4.78, 5) is 14.1. The van der Waals surface area contributed by atoms with E-state index in [4.69, 9.17) is 14.2 Å². The van der Waals surface area contributed by atoms with Gasteiger partial charge in [-0.15, -0.1) is 0 Å². The first-order valence-electron chi connectivity index (χ1n) is 7.41. The Bertz CT molecular complexity index is 563. The Morgan fingerprint density at radius 1 is 1.22 bits per heavy atom. The molecule has 2 amide bonds. The molecule has 2 rings (SSSR count). The highest BCUT2D eigenvalue weighted by molar-refractivity contribution is 5.91. The Balaban J connectivity index is 2.25. The van der Waals surface area contributed by atoms with E-state index in [0.29, 0.717) is 35.9 Å². The highest BCUT2D eigenvalue weighted by atomic mass is 16.5. The number of carbonyl (C=O) groups is 1. The molecule has 0 aliphatic carbocycles. The van der Waals surface area contributed by atoms with E-state index in [1.807, 2.05) is 13.8 Å². The van der Waals surface area contributed by atoms with Crippen molar-refractivity contribution in [1.82, 2.24) is 4.90 Å². The molecule has 1 atom stereocenters. The van der Waals surface area contributed by atoms with Crippen LogP contribution in [0.15, 0.2) is 12.1 Å². The fourth-order valence-electron chi connectivity index (χ4n) is 2.78. The van der Waals surface area contributed by atoms with E-state index in [0.717, 1.165) is 0 Å². The average molecular weight is 324 g/mol. The van der Waals surface area contributed by atoms with Crippen LogP contribution in [0.25, 0.3) is 0 Å². The molecule has 1 unspecified atom stereocenters. The molecular weight excluding hydrogens is 300 g/mol. The Morgan fingerprint density at radius 2 is 1.78 bits per heavy atom. The molecule has 1 aliphatic heterocycles. The van der Waals surface area contributed by atoms with Crippen molar-refractivity contribution >= 4 is 11.7 Å². The van der Waals surface area contributed by atoms with Gasteiger partial charge in [0.15, 0.2) is 11.5 Å². The number of benzene rings is 1. The van der Waals surface area contributed by atoms with Gasteiger partial charge in [-0.1, -0.05) is 0 Å². The molecule has 0 saturated carbocycles. The Kier molecular flexibility index (Phi) is 4.89. The van der Waals surface area contributed by atoms with Crippen LogP contribution in [-0.4, -0.2) is 55.6 Å². The lowest BCUT2D eigenvalue weighted by Gasteiger charge is -2.33. The zero-order chi connectivity index (χ0) is 17.2. The number of anilines is 1. The SMILES string of the molecule is COc1cc(NC(=O)N2CCC(O)C2(C)C)cc(OC)c1OC. The maximum Gasteiger partial charge on any atom is 0.322 e. The number of rotatable bonds is 4. The first kappa shape index (κ1) is 17.2. The van der Waals surface area contributed by atoms with Crippen molar-refractivity contribution in [2.24, 2.45) is 0 Å². The van der Waals surface area contributed by atoms with Crippen molar-refractivity contribution in [3.63, 3.8) is 0 Å². The second-order valence-corrected chi connectivity index (χ2v) is 5.95. The maximum absolute atomic E-state index is 12.5. The minimum absolute atomic E-state index is 0.277. The van der Waals surface area contributed by atoms with Crippen molar-refractivity contribution in [2.45, 2.75) is 31.9 Å². The predicted molar refractivity (Wildman–Crippen MR) is 86.5 cm³/mol. The normalized spacial score (nSPS) is 19.4. The van der Waals surface area contributed by atoms with Gasteiger partial charge in [-0.2, -0.15) is 0 Å². The lowest BCUT2D eigenvalue weighted by molar-refractivity contribution is 0.0733. The molecule has 7 nitrogen and oxygen atoms in total. The third-order valence-corrected chi connectivity index (χ3v) is 4.30. The number of aliphatic hydroxyl groups excluding tert-OH is 1. The highest BCUT2D eigenvalue weighted by Crippen LogP contribution is 2.40. The van der Waals surface area contributed by atoms with Crippen LogP contribution in [0.5, 0.6) is 17.2 Å². The summed E-state index contributed by atoms with van der Waals surface area (Å²) < 4.78 is 15.8. The topological polar surface area (TPSA) is 80.3 Å². The van der Waals surface area contributed by atoms with Gasteiger partial charge >= 0.3 is 6.03 Å². The van der Waals surface area contributed by atoms with Crippen LogP contribution in [0.1, 0.15) is 20.3 Å². The maximum atomic E-state index is 12.5. The molecule has 0 aromatic heterocycles. The fourth-order valence-corrected chi connectivity index (χ4v) is 2.78. The number of amides is 2. The van der Waals surface area contributed by atoms with Crippen molar-refractivity contribution in [3.8, 4) is 17.2 Å². The zero-order valence-corrected chi connectivity index (χ0v) is 14.2. The number of urea groups is 1. The number of nitrogens with zero attached hydrogens (tertiary/aromatic N) is 1. The van der Waals surface area contributed by atoms with E-state index in [1.54, 1.807) is 17.0 Å². The number of ether oxygens (including phenoxy) is 3. The molecule has 1 aromatic rings. The number of aliphatic hydroxyl groups is 1. The van der Waals surface area contributed by atoms with E-state index in [2.05, 4.69) is 5.32 Å². The summed E-state index contributed by atoms with van der Waals surface area (Å²) >= 11 is 0. The molecule has 1 aliphatic rings. The van der Waals surface area contributed by atoms with E-state index in [-0.39, 0.29) is 6.03 Å². The molecule has 1 fully saturated rings. The summed E-state index contributed by atoms with van der Waals surface area (Å²) in [6.45, 7) is 4.20. The standard InChI is InChI=1S/C16H24N2O5/c1-16(2)13(19)6-7-18(16)15(20)17-10-8-11(21-3)14(23-5)12(9-10)22-4/h8-9,13,19H,6-7H2,1-5H3,(H,17,20). The van der Waals surface area contributed by atoms with Gasteiger partial charge in [0.1, 0.15) is 0 Å². The van der Waals surface area contributed by atoms with Crippen LogP contribution >= 0.6 is 0 Å². The zero-order valence-electron chi connectivity index (χ0n) is 14.2. The minimum Gasteiger partial charge on any atom is -0.493 e. The summed E-state index contributed by atoms with van der Waals surface area (Å²) in [6, 6.07) is 3.05. The van der Waals surface area contributed by atoms with Gasteiger partial charge < -0.3 is 29.5 Å². The van der Waals surface area contributed by atoms with Gasteiger partial charge in [0.2, 0.25) is 5.75 Å². The Labute approximate surface area is 136 Å². The van der Waals surface area contributed by atoms with Gasteiger partial charge in [0, 0.05) is 18.7 Å². The molecule has 1 aromatic carbocycles. The molecular formula is C16H24N2O5. The van der Waals surface area contributed by atoms with Crippen LogP contribution in [-0.2, 0) is 0 Å². The van der Waals surface area contributed by atoms with Crippen LogP contribution < -0.4 is 19.5 Å². The summed E-state index contributed by atoms with van der Waals surface area (Å²) in [5.41, 5.74) is -0.0771. The molecule has 128 valence electrons. The van der Waals surface area contributed by atoms with Gasteiger partial charge in [0.25, 0.3) is 0 Å². The third kappa shape index (κ3) is 3.14. The monoisotopic (exact) mass is 324 g/mol. The number of methoxy groups -OCH3 is 3. The predicted octanol–water partition coefficient (Wildman–Crippen LogP) is 2.09. The summed E-state index contributed by atoms with van der Waals surface area (Å²) in [5, 5.41) is 12.8. The molecule has 2 N–H and O–H groups in total. The van der Waals surface area contributed by atoms with E-state index >= 15 is 0 Å². The molecule has 1 heterocycles. The molecule has 23 heavy (non-hydrogen) atoms. The first-order valence-corrected chi connectivity index (χ1v) is 7.41. The number of carbonyl (C=O) groups excluding carboxylic acids is 1. The van der Waals surface area contributed by atoms with Crippen LogP contribution in [0.3, 0.4) is 0 Å². The van der Waals surface area contributed by atoms with Gasteiger partial charge in [-0.3, -0.25) is 0 Å². The molecule has 0 spiro atoms. The molecule has 0 radical (unpaired) electrons. The fraction of sp³-hybridized carbons (Fsp3) is 0.562. The van der Waals surface area contributed by atoms with Crippen molar-refractivity contribution in [3.05, 3.63) is 12.1 Å². The quantitative estimate of drug-likeness (QED) is 0.886. The Hall–Kier alpha value is -2.15. The first-order chi connectivity index (χ1) is 10.8. The average Bonchev–Trinajstić information content (AvgIpc) is 2.79. The van der Waals surface area contributed by atoms with Crippen molar-refractivity contribution in [1.29, 1.82) is 0 Å². The number of hydrogen-bond donors (Lipinski definition) is 2. The number of nitrogens with one attached hydrogen (secondary N) is 1. The van der Waals surface area contributed by atoms with E-state index in [1.165, 1.54) is 21.3 Å². The number of hydrogen-bond acceptors (Lipinski definition) is 5. The largest absolute Gasteiger partial charge is 0.493 e. The second-order valence-electron chi connectivity index (χ2n) is 5.95. The molecule has 7 heteroatoms. The van der Waals surface area contributed by atoms with Crippen molar-refractivity contribution < 1.29 is 24.1 Å². The number of likely N-dealkylation sites (tertiary alicyclic amines) is 1. The minimum atomic E-state index is -0.606.